The molecule has 0 aromatic heterocycles. The lowest BCUT2D eigenvalue weighted by atomic mass is 10.1. The lowest BCUT2D eigenvalue weighted by Crippen LogP contribution is -2.17. The first-order valence-electron chi connectivity index (χ1n) is 6.49. The van der Waals surface area contributed by atoms with Crippen molar-refractivity contribution in [3.63, 3.8) is 0 Å². The van der Waals surface area contributed by atoms with Crippen molar-refractivity contribution in [2.75, 3.05) is 19.7 Å². The van der Waals surface area contributed by atoms with E-state index in [1.165, 1.54) is 25.7 Å². The van der Waals surface area contributed by atoms with Crippen LogP contribution in [0.1, 0.15) is 53.4 Å². The van der Waals surface area contributed by atoms with E-state index in [9.17, 15) is 0 Å². The van der Waals surface area contributed by atoms with E-state index in [2.05, 4.69) is 33.0 Å². The Labute approximate surface area is 95.8 Å². The fourth-order valence-corrected chi connectivity index (χ4v) is 1.67. The van der Waals surface area contributed by atoms with Gasteiger partial charge < -0.3 is 10.1 Å². The van der Waals surface area contributed by atoms with E-state index in [1.54, 1.807) is 0 Å². The van der Waals surface area contributed by atoms with Gasteiger partial charge in [-0.2, -0.15) is 0 Å². The topological polar surface area (TPSA) is 21.3 Å². The van der Waals surface area contributed by atoms with E-state index < -0.39 is 0 Å². The molecule has 92 valence electrons. The van der Waals surface area contributed by atoms with E-state index in [0.29, 0.717) is 6.10 Å². The minimum Gasteiger partial charge on any atom is -0.378 e. The number of unbranched alkanes of at least 4 members (excludes halogenated alkanes) is 1. The molecule has 0 aliphatic heterocycles. The van der Waals surface area contributed by atoms with E-state index in [4.69, 9.17) is 4.74 Å². The van der Waals surface area contributed by atoms with Crippen LogP contribution < -0.4 is 5.32 Å². The van der Waals surface area contributed by atoms with Crippen molar-refractivity contribution < 1.29 is 4.74 Å². The van der Waals surface area contributed by atoms with E-state index in [0.717, 1.165) is 25.6 Å². The Balaban J connectivity index is 3.09. The molecule has 0 amide bonds. The van der Waals surface area contributed by atoms with Crippen LogP contribution in [0.3, 0.4) is 0 Å². The zero-order valence-corrected chi connectivity index (χ0v) is 11.0. The Bertz CT molecular complexity index is 126. The summed E-state index contributed by atoms with van der Waals surface area (Å²) >= 11 is 0. The zero-order valence-electron chi connectivity index (χ0n) is 11.0. The van der Waals surface area contributed by atoms with Crippen molar-refractivity contribution in [2.45, 2.75) is 59.5 Å². The molecule has 0 aromatic carbocycles. The summed E-state index contributed by atoms with van der Waals surface area (Å²) in [6.07, 6.45) is 5.23. The molecule has 0 fully saturated rings. The van der Waals surface area contributed by atoms with Crippen LogP contribution in [0.15, 0.2) is 0 Å². The largest absolute Gasteiger partial charge is 0.378 e. The summed E-state index contributed by atoms with van der Waals surface area (Å²) in [5.74, 6) is 0.742. The molecule has 0 spiro atoms. The molecule has 1 N–H and O–H groups in total. The van der Waals surface area contributed by atoms with Gasteiger partial charge in [-0.15, -0.1) is 0 Å². The average Bonchev–Trinajstić information content (AvgIpc) is 2.15. The SMILES string of the molecule is CCCNCCCCOC(C)CC(C)C. The summed E-state index contributed by atoms with van der Waals surface area (Å²) in [5, 5.41) is 3.40. The van der Waals surface area contributed by atoms with Gasteiger partial charge in [0, 0.05) is 6.61 Å². The van der Waals surface area contributed by atoms with Gasteiger partial charge in [0.05, 0.1) is 6.10 Å². The molecule has 0 saturated heterocycles. The van der Waals surface area contributed by atoms with Crippen molar-refractivity contribution in [3.05, 3.63) is 0 Å². The van der Waals surface area contributed by atoms with Crippen LogP contribution in [0.2, 0.25) is 0 Å². The highest BCUT2D eigenvalue weighted by Crippen LogP contribution is 2.07. The number of ether oxygens (including phenoxy) is 1. The zero-order chi connectivity index (χ0) is 11.5. The third kappa shape index (κ3) is 11.8. The van der Waals surface area contributed by atoms with Crippen LogP contribution >= 0.6 is 0 Å². The predicted molar refractivity (Wildman–Crippen MR) is 67.3 cm³/mol. The van der Waals surface area contributed by atoms with Gasteiger partial charge in [0.2, 0.25) is 0 Å². The van der Waals surface area contributed by atoms with Crippen LogP contribution in [0, 0.1) is 5.92 Å². The smallest absolute Gasteiger partial charge is 0.0549 e. The standard InChI is InChI=1S/C13H29NO/c1-5-8-14-9-6-7-10-15-13(4)11-12(2)3/h12-14H,5-11H2,1-4H3. The highest BCUT2D eigenvalue weighted by atomic mass is 16.5. The summed E-state index contributed by atoms with van der Waals surface area (Å²) in [5.41, 5.74) is 0. The second kappa shape index (κ2) is 10.4. The summed E-state index contributed by atoms with van der Waals surface area (Å²) in [6.45, 7) is 12.1. The molecule has 0 radical (unpaired) electrons. The Kier molecular flexibility index (Phi) is 10.4. The number of nitrogens with one attached hydrogen (secondary N) is 1. The van der Waals surface area contributed by atoms with E-state index in [1.807, 2.05) is 0 Å². The molecule has 0 bridgehead atoms. The Hall–Kier alpha value is -0.0800. The molecular weight excluding hydrogens is 186 g/mol. The predicted octanol–water partition coefficient (Wildman–Crippen LogP) is 3.22. The first-order chi connectivity index (χ1) is 7.16. The number of rotatable bonds is 10. The van der Waals surface area contributed by atoms with Crippen LogP contribution in [-0.2, 0) is 4.74 Å². The highest BCUT2D eigenvalue weighted by molar-refractivity contribution is 4.54. The van der Waals surface area contributed by atoms with Gasteiger partial charge in [-0.3, -0.25) is 0 Å². The minimum absolute atomic E-state index is 0.425. The lowest BCUT2D eigenvalue weighted by Gasteiger charge is -2.14. The second-order valence-electron chi connectivity index (χ2n) is 4.77. The summed E-state index contributed by atoms with van der Waals surface area (Å²) < 4.78 is 5.73. The monoisotopic (exact) mass is 215 g/mol. The van der Waals surface area contributed by atoms with Gasteiger partial charge in [-0.1, -0.05) is 20.8 Å². The van der Waals surface area contributed by atoms with Crippen LogP contribution in [0.4, 0.5) is 0 Å². The van der Waals surface area contributed by atoms with Crippen molar-refractivity contribution in [2.24, 2.45) is 5.92 Å². The number of hydrogen-bond donors (Lipinski definition) is 1. The van der Waals surface area contributed by atoms with Gasteiger partial charge in [0.25, 0.3) is 0 Å². The maximum absolute atomic E-state index is 5.73. The average molecular weight is 215 g/mol. The first kappa shape index (κ1) is 14.9. The molecule has 0 aliphatic rings. The first-order valence-corrected chi connectivity index (χ1v) is 6.49. The third-order valence-electron chi connectivity index (χ3n) is 2.38. The van der Waals surface area contributed by atoms with Gasteiger partial charge in [0.1, 0.15) is 0 Å². The highest BCUT2D eigenvalue weighted by Gasteiger charge is 2.04. The molecule has 2 heteroatoms. The van der Waals surface area contributed by atoms with Crippen LogP contribution in [0.25, 0.3) is 0 Å². The molecule has 0 saturated carbocycles. The van der Waals surface area contributed by atoms with Crippen molar-refractivity contribution in [3.8, 4) is 0 Å². The third-order valence-corrected chi connectivity index (χ3v) is 2.38. The van der Waals surface area contributed by atoms with Gasteiger partial charge in [0.15, 0.2) is 0 Å². The Morgan fingerprint density at radius 3 is 2.40 bits per heavy atom. The van der Waals surface area contributed by atoms with Crippen molar-refractivity contribution in [1.82, 2.24) is 5.32 Å². The lowest BCUT2D eigenvalue weighted by molar-refractivity contribution is 0.0497. The minimum atomic E-state index is 0.425. The summed E-state index contributed by atoms with van der Waals surface area (Å²) in [7, 11) is 0. The van der Waals surface area contributed by atoms with Gasteiger partial charge in [-0.05, 0) is 51.6 Å². The normalized spacial score (nSPS) is 13.4. The number of hydrogen-bond acceptors (Lipinski definition) is 2. The van der Waals surface area contributed by atoms with E-state index in [-0.39, 0.29) is 0 Å². The van der Waals surface area contributed by atoms with Gasteiger partial charge in [-0.25, -0.2) is 0 Å². The fraction of sp³-hybridized carbons (Fsp3) is 1.00. The molecule has 0 aliphatic carbocycles. The molecule has 0 rings (SSSR count). The molecule has 15 heavy (non-hydrogen) atoms. The van der Waals surface area contributed by atoms with Gasteiger partial charge >= 0.3 is 0 Å². The second-order valence-corrected chi connectivity index (χ2v) is 4.77. The molecule has 0 aromatic rings. The molecule has 1 atom stereocenters. The van der Waals surface area contributed by atoms with Crippen molar-refractivity contribution in [1.29, 1.82) is 0 Å². The molecule has 0 heterocycles. The fourth-order valence-electron chi connectivity index (χ4n) is 1.67. The summed E-state index contributed by atoms with van der Waals surface area (Å²) in [4.78, 5) is 0. The summed E-state index contributed by atoms with van der Waals surface area (Å²) in [6, 6.07) is 0. The Morgan fingerprint density at radius 2 is 1.80 bits per heavy atom. The van der Waals surface area contributed by atoms with Crippen LogP contribution in [-0.4, -0.2) is 25.8 Å². The molecular formula is C13H29NO. The maximum atomic E-state index is 5.73. The maximum Gasteiger partial charge on any atom is 0.0549 e. The molecule has 2 nitrogen and oxygen atoms in total. The quantitative estimate of drug-likeness (QED) is 0.565. The van der Waals surface area contributed by atoms with Crippen LogP contribution in [0.5, 0.6) is 0 Å². The van der Waals surface area contributed by atoms with Crippen molar-refractivity contribution >= 4 is 0 Å². The Morgan fingerprint density at radius 1 is 1.07 bits per heavy atom. The molecule has 1 unspecified atom stereocenters. The van der Waals surface area contributed by atoms with E-state index >= 15 is 0 Å².